The number of nitrogens with one attached hydrogen (secondary N) is 1. The maximum absolute atomic E-state index is 11.8. The number of amides is 2. The molecule has 110 valence electrons. The number of benzene rings is 1. The maximum Gasteiger partial charge on any atom is 0.223 e. The molecule has 0 bridgehead atoms. The minimum Gasteiger partial charge on any atom is -0.354 e. The van der Waals surface area contributed by atoms with E-state index in [0.717, 1.165) is 15.7 Å². The second-order valence-electron chi connectivity index (χ2n) is 5.07. The highest BCUT2D eigenvalue weighted by Crippen LogP contribution is 2.24. The largest absolute Gasteiger partial charge is 0.354 e. The highest BCUT2D eigenvalue weighted by atomic mass is 79.9. The van der Waals surface area contributed by atoms with Crippen molar-refractivity contribution in [2.24, 2.45) is 0 Å². The van der Waals surface area contributed by atoms with Crippen LogP contribution in [-0.2, 0) is 9.59 Å². The Morgan fingerprint density at radius 2 is 2.00 bits per heavy atom. The van der Waals surface area contributed by atoms with Gasteiger partial charge in [0.05, 0.1) is 0 Å². The lowest BCUT2D eigenvalue weighted by Gasteiger charge is -2.23. The van der Waals surface area contributed by atoms with Crippen molar-refractivity contribution < 1.29 is 9.59 Å². The molecular weight excluding hydrogens is 320 g/mol. The predicted octanol–water partition coefficient (Wildman–Crippen LogP) is 3.03. The van der Waals surface area contributed by atoms with E-state index in [1.165, 1.54) is 6.92 Å². The molecule has 5 heteroatoms. The summed E-state index contributed by atoms with van der Waals surface area (Å²) in [4.78, 5) is 25.1. The minimum absolute atomic E-state index is 0.0407. The molecule has 0 spiro atoms. The van der Waals surface area contributed by atoms with Gasteiger partial charge in [-0.15, -0.1) is 0 Å². The van der Waals surface area contributed by atoms with Gasteiger partial charge in [0.25, 0.3) is 0 Å². The molecule has 0 unspecified atom stereocenters. The summed E-state index contributed by atoms with van der Waals surface area (Å²) in [5.41, 5.74) is 1.84. The number of carbonyl (C=O) groups is 2. The van der Waals surface area contributed by atoms with E-state index in [4.69, 9.17) is 0 Å². The van der Waals surface area contributed by atoms with Crippen LogP contribution in [0.2, 0.25) is 0 Å². The van der Waals surface area contributed by atoms with Gasteiger partial charge in [-0.05, 0) is 44.5 Å². The molecule has 0 radical (unpaired) electrons. The first-order valence-corrected chi connectivity index (χ1v) is 7.44. The van der Waals surface area contributed by atoms with Crippen molar-refractivity contribution in [3.05, 3.63) is 28.2 Å². The highest BCUT2D eigenvalue weighted by Gasteiger charge is 2.15. The lowest BCUT2D eigenvalue weighted by molar-refractivity contribution is -0.121. The molecule has 0 saturated carbocycles. The lowest BCUT2D eigenvalue weighted by Crippen LogP contribution is -2.36. The van der Waals surface area contributed by atoms with Crippen molar-refractivity contribution in [2.45, 2.75) is 40.2 Å². The van der Waals surface area contributed by atoms with Crippen molar-refractivity contribution >= 4 is 33.4 Å². The molecule has 2 amide bonds. The number of hydrogen-bond acceptors (Lipinski definition) is 2. The molecule has 0 aliphatic heterocycles. The van der Waals surface area contributed by atoms with Crippen LogP contribution in [0.25, 0.3) is 0 Å². The normalized spacial score (nSPS) is 10.5. The molecule has 0 heterocycles. The van der Waals surface area contributed by atoms with Crippen LogP contribution < -0.4 is 10.2 Å². The zero-order chi connectivity index (χ0) is 15.3. The molecule has 1 rings (SSSR count). The summed E-state index contributed by atoms with van der Waals surface area (Å²) in [6.45, 7) is 7.68. The SMILES string of the molecule is CC(=O)N(CCC(=O)NC(C)C)c1ccc(Br)cc1C. The summed E-state index contributed by atoms with van der Waals surface area (Å²) in [7, 11) is 0. The van der Waals surface area contributed by atoms with Gasteiger partial charge in [0.1, 0.15) is 0 Å². The molecular formula is C15H21BrN2O2. The zero-order valence-corrected chi connectivity index (χ0v) is 14.0. The number of rotatable bonds is 5. The predicted molar refractivity (Wildman–Crippen MR) is 84.8 cm³/mol. The molecule has 4 nitrogen and oxygen atoms in total. The van der Waals surface area contributed by atoms with Crippen molar-refractivity contribution in [3.63, 3.8) is 0 Å². The second kappa shape index (κ2) is 7.43. The smallest absolute Gasteiger partial charge is 0.223 e. The number of halogens is 1. The van der Waals surface area contributed by atoms with E-state index in [0.29, 0.717) is 13.0 Å². The van der Waals surface area contributed by atoms with Gasteiger partial charge in [0.15, 0.2) is 0 Å². The van der Waals surface area contributed by atoms with Gasteiger partial charge < -0.3 is 10.2 Å². The maximum atomic E-state index is 11.8. The second-order valence-corrected chi connectivity index (χ2v) is 5.99. The third-order valence-electron chi connectivity index (χ3n) is 2.84. The van der Waals surface area contributed by atoms with Gasteiger partial charge in [-0.25, -0.2) is 0 Å². The fraction of sp³-hybridized carbons (Fsp3) is 0.467. The quantitative estimate of drug-likeness (QED) is 0.895. The van der Waals surface area contributed by atoms with Gasteiger partial charge in [0, 0.05) is 36.1 Å². The first kappa shape index (κ1) is 16.7. The lowest BCUT2D eigenvalue weighted by atomic mass is 10.1. The average molecular weight is 341 g/mol. The van der Waals surface area contributed by atoms with Crippen LogP contribution in [-0.4, -0.2) is 24.4 Å². The van der Waals surface area contributed by atoms with E-state index >= 15 is 0 Å². The van der Waals surface area contributed by atoms with Crippen LogP contribution in [0.1, 0.15) is 32.8 Å². The van der Waals surface area contributed by atoms with E-state index < -0.39 is 0 Å². The van der Waals surface area contributed by atoms with Crippen molar-refractivity contribution in [3.8, 4) is 0 Å². The fourth-order valence-corrected chi connectivity index (χ4v) is 2.45. The Bertz CT molecular complexity index is 501. The van der Waals surface area contributed by atoms with Crippen LogP contribution in [0, 0.1) is 6.92 Å². The number of carbonyl (C=O) groups excluding carboxylic acids is 2. The van der Waals surface area contributed by atoms with Gasteiger partial charge in [-0.2, -0.15) is 0 Å². The van der Waals surface area contributed by atoms with E-state index in [9.17, 15) is 9.59 Å². The van der Waals surface area contributed by atoms with E-state index in [1.54, 1.807) is 4.90 Å². The Balaban J connectivity index is 2.80. The summed E-state index contributed by atoms with van der Waals surface area (Å²) in [5, 5.41) is 2.83. The minimum atomic E-state index is -0.0623. The van der Waals surface area contributed by atoms with Crippen LogP contribution in [0.5, 0.6) is 0 Å². The molecule has 0 atom stereocenters. The summed E-state index contributed by atoms with van der Waals surface area (Å²) >= 11 is 3.40. The fourth-order valence-electron chi connectivity index (χ4n) is 1.98. The first-order chi connectivity index (χ1) is 9.31. The van der Waals surface area contributed by atoms with Crippen molar-refractivity contribution in [1.29, 1.82) is 0 Å². The summed E-state index contributed by atoms with van der Waals surface area (Å²) in [6.07, 6.45) is 0.299. The van der Waals surface area contributed by atoms with Crippen molar-refractivity contribution in [1.82, 2.24) is 5.32 Å². The average Bonchev–Trinajstić information content (AvgIpc) is 2.30. The Morgan fingerprint density at radius 1 is 1.35 bits per heavy atom. The molecule has 1 aromatic carbocycles. The zero-order valence-electron chi connectivity index (χ0n) is 12.4. The summed E-state index contributed by atoms with van der Waals surface area (Å²) in [6, 6.07) is 5.86. The first-order valence-electron chi connectivity index (χ1n) is 6.65. The third-order valence-corrected chi connectivity index (χ3v) is 3.34. The molecule has 0 fully saturated rings. The molecule has 1 N–H and O–H groups in total. The molecule has 0 saturated heterocycles. The summed E-state index contributed by atoms with van der Waals surface area (Å²) in [5.74, 6) is -0.103. The molecule has 0 aromatic heterocycles. The van der Waals surface area contributed by atoms with Crippen LogP contribution in [0.3, 0.4) is 0 Å². The Kier molecular flexibility index (Phi) is 6.20. The third kappa shape index (κ3) is 4.96. The van der Waals surface area contributed by atoms with Gasteiger partial charge in [0.2, 0.25) is 11.8 Å². The number of nitrogens with zero attached hydrogens (tertiary/aromatic N) is 1. The Morgan fingerprint density at radius 3 is 2.50 bits per heavy atom. The monoisotopic (exact) mass is 340 g/mol. The molecule has 20 heavy (non-hydrogen) atoms. The number of anilines is 1. The van der Waals surface area contributed by atoms with Gasteiger partial charge in [-0.3, -0.25) is 9.59 Å². The molecule has 1 aromatic rings. The topological polar surface area (TPSA) is 49.4 Å². The van der Waals surface area contributed by atoms with E-state index in [2.05, 4.69) is 21.2 Å². The summed E-state index contributed by atoms with van der Waals surface area (Å²) < 4.78 is 0.972. The van der Waals surface area contributed by atoms with Gasteiger partial charge >= 0.3 is 0 Å². The molecule has 0 aliphatic rings. The van der Waals surface area contributed by atoms with Crippen LogP contribution in [0.15, 0.2) is 22.7 Å². The van der Waals surface area contributed by atoms with Crippen molar-refractivity contribution in [2.75, 3.05) is 11.4 Å². The molecule has 0 aliphatic carbocycles. The Hall–Kier alpha value is -1.36. The van der Waals surface area contributed by atoms with Crippen LogP contribution in [0.4, 0.5) is 5.69 Å². The highest BCUT2D eigenvalue weighted by molar-refractivity contribution is 9.10. The number of aryl methyl sites for hydroxylation is 1. The Labute approximate surface area is 128 Å². The number of hydrogen-bond donors (Lipinski definition) is 1. The van der Waals surface area contributed by atoms with E-state index in [-0.39, 0.29) is 17.9 Å². The van der Waals surface area contributed by atoms with E-state index in [1.807, 2.05) is 39.0 Å². The standard InChI is InChI=1S/C15H21BrN2O2/c1-10(2)17-15(20)7-8-18(12(4)19)14-6-5-13(16)9-11(14)3/h5-6,9-10H,7-8H2,1-4H3,(H,17,20). The van der Waals surface area contributed by atoms with Gasteiger partial charge in [-0.1, -0.05) is 15.9 Å². The van der Waals surface area contributed by atoms with Crippen LogP contribution >= 0.6 is 15.9 Å².